The van der Waals surface area contributed by atoms with Crippen LogP contribution in [-0.2, 0) is 23.8 Å². The molecule has 0 spiro atoms. The molecule has 1 rings (SSSR count). The second-order valence-electron chi connectivity index (χ2n) is 3.38. The highest BCUT2D eigenvalue weighted by Gasteiger charge is 2.46. The smallest absolute Gasteiger partial charge is 0.303 e. The Morgan fingerprint density at radius 1 is 1.13 bits per heavy atom. The molecule has 0 aromatic carbocycles. The van der Waals surface area contributed by atoms with Crippen molar-refractivity contribution in [2.75, 3.05) is 0 Å². The van der Waals surface area contributed by atoms with Crippen molar-refractivity contribution in [2.45, 2.75) is 45.4 Å². The summed E-state index contributed by atoms with van der Waals surface area (Å²) in [6, 6.07) is 0. The largest absolute Gasteiger partial charge is 0.456 e. The molecule has 1 fully saturated rings. The van der Waals surface area contributed by atoms with Gasteiger partial charge in [0, 0.05) is 13.8 Å². The van der Waals surface area contributed by atoms with Crippen molar-refractivity contribution in [3.63, 3.8) is 0 Å². The molecule has 0 saturated carbocycles. The van der Waals surface area contributed by atoms with Crippen molar-refractivity contribution in [1.29, 1.82) is 0 Å². The van der Waals surface area contributed by atoms with Crippen LogP contribution in [-0.4, -0.2) is 41.6 Å². The molecule has 2 unspecified atom stereocenters. The van der Waals surface area contributed by atoms with Crippen molar-refractivity contribution in [2.24, 2.45) is 0 Å². The van der Waals surface area contributed by atoms with Crippen LogP contribution in [0, 0.1) is 0 Å². The number of aliphatic hydroxyl groups excluding tert-OH is 1. The maximum Gasteiger partial charge on any atom is 0.303 e. The van der Waals surface area contributed by atoms with Gasteiger partial charge < -0.3 is 19.3 Å². The Kier molecular flexibility index (Phi) is 3.65. The number of hydrogen-bond donors (Lipinski definition) is 1. The molecule has 0 amide bonds. The lowest BCUT2D eigenvalue weighted by atomic mass is 10.1. The van der Waals surface area contributed by atoms with Gasteiger partial charge in [0.25, 0.3) is 0 Å². The average molecular weight is 218 g/mol. The Balaban J connectivity index is 2.70. The zero-order chi connectivity index (χ0) is 11.6. The van der Waals surface area contributed by atoms with Gasteiger partial charge in [0.1, 0.15) is 0 Å². The number of carbonyl (C=O) groups excluding carboxylic acids is 2. The molecule has 0 aliphatic carbocycles. The van der Waals surface area contributed by atoms with E-state index in [0.717, 1.165) is 0 Å². The van der Waals surface area contributed by atoms with Crippen LogP contribution >= 0.6 is 0 Å². The van der Waals surface area contributed by atoms with Crippen LogP contribution in [0.2, 0.25) is 0 Å². The van der Waals surface area contributed by atoms with Crippen LogP contribution in [0.1, 0.15) is 20.8 Å². The standard InChI is InChI=1S/C9H14O6/c1-4-7(14-5(2)10)8(9(12)13-4)15-6(3)11/h4,7-9,12H,1-3H3/t4-,7?,8-,9?/m1/s1. The van der Waals surface area contributed by atoms with Crippen LogP contribution in [0.4, 0.5) is 0 Å². The van der Waals surface area contributed by atoms with Gasteiger partial charge in [-0.25, -0.2) is 0 Å². The molecule has 6 heteroatoms. The zero-order valence-corrected chi connectivity index (χ0v) is 8.80. The second-order valence-corrected chi connectivity index (χ2v) is 3.38. The third kappa shape index (κ3) is 2.90. The molecule has 0 aromatic rings. The molecule has 0 bridgehead atoms. The molecule has 15 heavy (non-hydrogen) atoms. The molecule has 1 N–H and O–H groups in total. The minimum atomic E-state index is -1.26. The Bertz CT molecular complexity index is 237. The van der Waals surface area contributed by atoms with Crippen LogP contribution in [0.5, 0.6) is 0 Å². The van der Waals surface area contributed by atoms with Crippen LogP contribution < -0.4 is 0 Å². The first kappa shape index (κ1) is 11.9. The first-order valence-corrected chi connectivity index (χ1v) is 4.59. The SMILES string of the molecule is CC(=O)OC1[C@@H](OC(C)=O)C(O)O[C@@H]1C. The first-order valence-electron chi connectivity index (χ1n) is 4.59. The highest BCUT2D eigenvalue weighted by molar-refractivity contribution is 5.67. The third-order valence-electron chi connectivity index (χ3n) is 2.03. The van der Waals surface area contributed by atoms with Gasteiger partial charge >= 0.3 is 11.9 Å². The fourth-order valence-corrected chi connectivity index (χ4v) is 1.48. The molecule has 1 heterocycles. The van der Waals surface area contributed by atoms with Gasteiger partial charge in [-0.3, -0.25) is 9.59 Å². The molecule has 4 atom stereocenters. The summed E-state index contributed by atoms with van der Waals surface area (Å²) in [6.45, 7) is 4.07. The molecule has 0 radical (unpaired) electrons. The first-order chi connectivity index (χ1) is 6.91. The molecule has 0 aromatic heterocycles. The van der Waals surface area contributed by atoms with E-state index in [1.807, 2.05) is 0 Å². The summed E-state index contributed by atoms with van der Waals surface area (Å²) in [6.07, 6.45) is -3.48. The van der Waals surface area contributed by atoms with Crippen LogP contribution in [0.15, 0.2) is 0 Å². The minimum absolute atomic E-state index is 0.506. The lowest BCUT2D eigenvalue weighted by molar-refractivity contribution is -0.174. The van der Waals surface area contributed by atoms with Crippen LogP contribution in [0.25, 0.3) is 0 Å². The minimum Gasteiger partial charge on any atom is -0.456 e. The van der Waals surface area contributed by atoms with E-state index >= 15 is 0 Å². The van der Waals surface area contributed by atoms with E-state index in [-0.39, 0.29) is 0 Å². The van der Waals surface area contributed by atoms with E-state index in [4.69, 9.17) is 14.2 Å². The lowest BCUT2D eigenvalue weighted by Crippen LogP contribution is -2.39. The molecule has 86 valence electrons. The topological polar surface area (TPSA) is 82.1 Å². The summed E-state index contributed by atoms with van der Waals surface area (Å²) < 4.78 is 14.7. The number of aliphatic hydroxyl groups is 1. The molecular formula is C9H14O6. The second kappa shape index (κ2) is 4.59. The summed E-state index contributed by atoms with van der Waals surface area (Å²) >= 11 is 0. The lowest BCUT2D eigenvalue weighted by Gasteiger charge is -2.20. The fourth-order valence-electron chi connectivity index (χ4n) is 1.48. The third-order valence-corrected chi connectivity index (χ3v) is 2.03. The van der Waals surface area contributed by atoms with Gasteiger partial charge in [0.15, 0.2) is 18.5 Å². The molecule has 6 nitrogen and oxygen atoms in total. The highest BCUT2D eigenvalue weighted by Crippen LogP contribution is 2.25. The fraction of sp³-hybridized carbons (Fsp3) is 0.778. The summed E-state index contributed by atoms with van der Waals surface area (Å²) in [5, 5.41) is 9.40. The van der Waals surface area contributed by atoms with Gasteiger partial charge in [-0.2, -0.15) is 0 Å². The Labute approximate surface area is 87.1 Å². The van der Waals surface area contributed by atoms with E-state index in [1.165, 1.54) is 13.8 Å². The van der Waals surface area contributed by atoms with E-state index < -0.39 is 36.5 Å². The molecule has 1 aliphatic heterocycles. The molecule has 1 aliphatic rings. The number of esters is 2. The van der Waals surface area contributed by atoms with E-state index in [9.17, 15) is 14.7 Å². The van der Waals surface area contributed by atoms with Crippen molar-refractivity contribution < 1.29 is 28.9 Å². The van der Waals surface area contributed by atoms with Crippen molar-refractivity contribution in [3.8, 4) is 0 Å². The number of carbonyl (C=O) groups is 2. The van der Waals surface area contributed by atoms with Gasteiger partial charge in [0.2, 0.25) is 0 Å². The maximum atomic E-state index is 10.8. The number of rotatable bonds is 2. The number of hydrogen-bond acceptors (Lipinski definition) is 6. The number of ether oxygens (including phenoxy) is 3. The quantitative estimate of drug-likeness (QED) is 0.634. The summed E-state index contributed by atoms with van der Waals surface area (Å²) in [5.41, 5.74) is 0. The van der Waals surface area contributed by atoms with Crippen molar-refractivity contribution in [1.82, 2.24) is 0 Å². The van der Waals surface area contributed by atoms with Crippen LogP contribution in [0.3, 0.4) is 0 Å². The summed E-state index contributed by atoms with van der Waals surface area (Å²) in [5.74, 6) is -1.07. The van der Waals surface area contributed by atoms with Gasteiger partial charge in [-0.05, 0) is 6.92 Å². The monoisotopic (exact) mass is 218 g/mol. The van der Waals surface area contributed by atoms with E-state index in [0.29, 0.717) is 0 Å². The van der Waals surface area contributed by atoms with Crippen molar-refractivity contribution in [3.05, 3.63) is 0 Å². The predicted molar refractivity (Wildman–Crippen MR) is 47.7 cm³/mol. The normalized spacial score (nSPS) is 34.9. The zero-order valence-electron chi connectivity index (χ0n) is 8.80. The predicted octanol–water partition coefficient (Wildman–Crippen LogP) is -0.413. The van der Waals surface area contributed by atoms with E-state index in [2.05, 4.69) is 0 Å². The molecule has 1 saturated heterocycles. The molecular weight excluding hydrogens is 204 g/mol. The van der Waals surface area contributed by atoms with Crippen molar-refractivity contribution >= 4 is 11.9 Å². The average Bonchev–Trinajstić information content (AvgIpc) is 2.30. The summed E-state index contributed by atoms with van der Waals surface area (Å²) in [4.78, 5) is 21.5. The Hall–Kier alpha value is -1.14. The highest BCUT2D eigenvalue weighted by atomic mass is 16.7. The van der Waals surface area contributed by atoms with Gasteiger partial charge in [0.05, 0.1) is 6.10 Å². The Morgan fingerprint density at radius 2 is 1.60 bits per heavy atom. The maximum absolute atomic E-state index is 10.8. The summed E-state index contributed by atoms with van der Waals surface area (Å²) in [7, 11) is 0. The van der Waals surface area contributed by atoms with Gasteiger partial charge in [-0.1, -0.05) is 0 Å². The van der Waals surface area contributed by atoms with Gasteiger partial charge in [-0.15, -0.1) is 0 Å². The van der Waals surface area contributed by atoms with E-state index in [1.54, 1.807) is 6.92 Å². The Morgan fingerprint density at radius 3 is 2.07 bits per heavy atom.